The van der Waals surface area contributed by atoms with Gasteiger partial charge in [0.05, 0.1) is 0 Å². The Bertz CT molecular complexity index is 433. The minimum absolute atomic E-state index is 0.248. The summed E-state index contributed by atoms with van der Waals surface area (Å²) in [6.07, 6.45) is 1.90. The van der Waals surface area contributed by atoms with Gasteiger partial charge in [-0.3, -0.25) is 0 Å². The quantitative estimate of drug-likeness (QED) is 0.901. The summed E-state index contributed by atoms with van der Waals surface area (Å²) in [5.41, 5.74) is -0.248. The first kappa shape index (κ1) is 12.6. The first-order valence-corrected chi connectivity index (χ1v) is 6.78. The predicted molar refractivity (Wildman–Crippen MR) is 68.9 cm³/mol. The van der Waals surface area contributed by atoms with Crippen molar-refractivity contribution >= 4 is 34.0 Å². The van der Waals surface area contributed by atoms with Crippen LogP contribution in [0.1, 0.15) is 26.7 Å². The van der Waals surface area contributed by atoms with Crippen molar-refractivity contribution in [3.63, 3.8) is 0 Å². The topological polar surface area (TPSA) is 53.4 Å². The van der Waals surface area contributed by atoms with E-state index in [9.17, 15) is 9.90 Å². The molecule has 1 N–H and O–H groups in total. The minimum atomic E-state index is -0.791. The highest BCUT2D eigenvalue weighted by Gasteiger charge is 2.43. The van der Waals surface area contributed by atoms with Crippen LogP contribution in [0, 0.1) is 5.41 Å². The number of halogens is 1. The molecule has 17 heavy (non-hydrogen) atoms. The van der Waals surface area contributed by atoms with Crippen molar-refractivity contribution in [3.05, 3.63) is 10.5 Å². The number of hydrogen-bond donors (Lipinski definition) is 1. The van der Waals surface area contributed by atoms with Crippen molar-refractivity contribution in [2.45, 2.75) is 32.7 Å². The predicted octanol–water partition coefficient (Wildman–Crippen LogP) is 2.88. The Morgan fingerprint density at radius 3 is 2.94 bits per heavy atom. The summed E-state index contributed by atoms with van der Waals surface area (Å²) in [4.78, 5) is 17.5. The van der Waals surface area contributed by atoms with Gasteiger partial charge in [0.2, 0.25) is 0 Å². The second-order valence-electron chi connectivity index (χ2n) is 4.98. The Morgan fingerprint density at radius 1 is 1.71 bits per heavy atom. The second-order valence-corrected chi connectivity index (χ2v) is 6.20. The summed E-state index contributed by atoms with van der Waals surface area (Å²) in [7, 11) is 0. The smallest absolute Gasteiger partial charge is 0.326 e. The van der Waals surface area contributed by atoms with E-state index >= 15 is 0 Å². The first-order valence-electron chi connectivity index (χ1n) is 5.52. The maximum absolute atomic E-state index is 11.5. The number of aromatic nitrogens is 1. The highest BCUT2D eigenvalue weighted by atomic mass is 35.5. The molecule has 1 aromatic heterocycles. The lowest BCUT2D eigenvalue weighted by Gasteiger charge is -2.43. The van der Waals surface area contributed by atoms with Crippen LogP contribution in [0.2, 0.25) is 5.15 Å². The number of hydrogen-bond acceptors (Lipinski definition) is 4. The Balaban J connectivity index is 2.34. The van der Waals surface area contributed by atoms with Crippen molar-refractivity contribution in [3.8, 4) is 0 Å². The molecule has 0 radical (unpaired) electrons. The number of rotatable bonds is 2. The summed E-state index contributed by atoms with van der Waals surface area (Å²) in [6, 6.07) is -0.529. The lowest BCUT2D eigenvalue weighted by atomic mass is 9.76. The van der Waals surface area contributed by atoms with Gasteiger partial charge in [-0.15, -0.1) is 11.3 Å². The molecule has 94 valence electrons. The summed E-state index contributed by atoms with van der Waals surface area (Å²) >= 11 is 7.20. The van der Waals surface area contributed by atoms with Crippen LogP contribution in [0.4, 0.5) is 5.13 Å². The maximum Gasteiger partial charge on any atom is 0.326 e. The Morgan fingerprint density at radius 2 is 2.41 bits per heavy atom. The highest BCUT2D eigenvalue weighted by Crippen LogP contribution is 2.39. The summed E-state index contributed by atoms with van der Waals surface area (Å²) in [5.74, 6) is -0.791. The van der Waals surface area contributed by atoms with Crippen LogP contribution in [0.25, 0.3) is 0 Å². The SMILES string of the molecule is CC1(C)CCCN(c2nc(Cl)cs2)C1C(=O)O. The standard InChI is InChI=1S/C11H15ClN2O2S/c1-11(2)4-3-5-14(8(11)9(15)16)10-13-7(12)6-17-10/h6,8H,3-5H2,1-2H3,(H,15,16). The van der Waals surface area contributed by atoms with E-state index in [1.54, 1.807) is 5.38 Å². The van der Waals surface area contributed by atoms with Crippen molar-refractivity contribution < 1.29 is 9.90 Å². The molecule has 1 atom stereocenters. The molecule has 1 fully saturated rings. The van der Waals surface area contributed by atoms with Gasteiger partial charge in [-0.2, -0.15) is 0 Å². The van der Waals surface area contributed by atoms with Gasteiger partial charge in [0.25, 0.3) is 0 Å². The number of nitrogens with zero attached hydrogens (tertiary/aromatic N) is 2. The molecule has 0 amide bonds. The molecule has 1 saturated heterocycles. The number of carboxylic acids is 1. The Kier molecular flexibility index (Phi) is 3.32. The minimum Gasteiger partial charge on any atom is -0.480 e. The lowest BCUT2D eigenvalue weighted by Crippen LogP contribution is -2.54. The van der Waals surface area contributed by atoms with Crippen LogP contribution in [-0.2, 0) is 4.79 Å². The van der Waals surface area contributed by atoms with Gasteiger partial charge in [-0.25, -0.2) is 9.78 Å². The van der Waals surface area contributed by atoms with Gasteiger partial charge < -0.3 is 10.0 Å². The fourth-order valence-corrected chi connectivity index (χ4v) is 3.45. The zero-order chi connectivity index (χ0) is 12.6. The molecule has 1 aliphatic heterocycles. The van der Waals surface area contributed by atoms with E-state index in [1.165, 1.54) is 11.3 Å². The zero-order valence-electron chi connectivity index (χ0n) is 9.81. The average molecular weight is 275 g/mol. The van der Waals surface area contributed by atoms with E-state index in [1.807, 2.05) is 18.7 Å². The molecule has 2 heterocycles. The van der Waals surface area contributed by atoms with Gasteiger partial charge in [-0.1, -0.05) is 25.4 Å². The third kappa shape index (κ3) is 2.40. The van der Waals surface area contributed by atoms with E-state index < -0.39 is 12.0 Å². The van der Waals surface area contributed by atoms with Crippen molar-refractivity contribution in [2.75, 3.05) is 11.4 Å². The number of piperidine rings is 1. The van der Waals surface area contributed by atoms with Gasteiger partial charge in [0, 0.05) is 11.9 Å². The van der Waals surface area contributed by atoms with Crippen LogP contribution in [0.15, 0.2) is 5.38 Å². The van der Waals surface area contributed by atoms with E-state index in [0.717, 1.165) is 19.4 Å². The zero-order valence-corrected chi connectivity index (χ0v) is 11.4. The molecule has 0 saturated carbocycles. The maximum atomic E-state index is 11.5. The molecular formula is C11H15ClN2O2S. The molecule has 0 aliphatic carbocycles. The molecule has 0 bridgehead atoms. The highest BCUT2D eigenvalue weighted by molar-refractivity contribution is 7.14. The van der Waals surface area contributed by atoms with Crippen LogP contribution < -0.4 is 4.90 Å². The lowest BCUT2D eigenvalue weighted by molar-refractivity contribution is -0.142. The fraction of sp³-hybridized carbons (Fsp3) is 0.636. The normalized spacial score (nSPS) is 23.7. The molecule has 4 nitrogen and oxygen atoms in total. The fourth-order valence-electron chi connectivity index (χ4n) is 2.44. The van der Waals surface area contributed by atoms with Gasteiger partial charge >= 0.3 is 5.97 Å². The van der Waals surface area contributed by atoms with E-state index in [-0.39, 0.29) is 5.41 Å². The monoisotopic (exact) mass is 274 g/mol. The molecule has 0 aromatic carbocycles. The van der Waals surface area contributed by atoms with Crippen LogP contribution in [0.5, 0.6) is 0 Å². The first-order chi connectivity index (χ1) is 7.92. The third-order valence-corrected chi connectivity index (χ3v) is 4.42. The largest absolute Gasteiger partial charge is 0.480 e. The number of aliphatic carboxylic acids is 1. The average Bonchev–Trinajstić information content (AvgIpc) is 2.62. The molecule has 1 unspecified atom stereocenters. The molecule has 2 rings (SSSR count). The molecular weight excluding hydrogens is 260 g/mol. The van der Waals surface area contributed by atoms with Crippen LogP contribution in [0.3, 0.4) is 0 Å². The molecule has 6 heteroatoms. The summed E-state index contributed by atoms with van der Waals surface area (Å²) in [5, 5.41) is 12.3. The Hall–Kier alpha value is -0.810. The number of carboxylic acid groups (broad SMARTS) is 1. The van der Waals surface area contributed by atoms with Crippen molar-refractivity contribution in [2.24, 2.45) is 5.41 Å². The summed E-state index contributed by atoms with van der Waals surface area (Å²) < 4.78 is 0. The number of anilines is 1. The van der Waals surface area contributed by atoms with Crippen LogP contribution >= 0.6 is 22.9 Å². The van der Waals surface area contributed by atoms with Gasteiger partial charge in [0.1, 0.15) is 11.2 Å². The van der Waals surface area contributed by atoms with E-state index in [4.69, 9.17) is 11.6 Å². The van der Waals surface area contributed by atoms with Gasteiger partial charge in [-0.05, 0) is 18.3 Å². The third-order valence-electron chi connectivity index (χ3n) is 3.22. The second kappa shape index (κ2) is 4.46. The molecule has 1 aromatic rings. The molecule has 0 spiro atoms. The number of carbonyl (C=O) groups is 1. The molecule has 1 aliphatic rings. The van der Waals surface area contributed by atoms with Crippen LogP contribution in [-0.4, -0.2) is 28.6 Å². The van der Waals surface area contributed by atoms with E-state index in [0.29, 0.717) is 10.3 Å². The van der Waals surface area contributed by atoms with Crippen molar-refractivity contribution in [1.82, 2.24) is 4.98 Å². The number of thiazole rings is 1. The van der Waals surface area contributed by atoms with Crippen molar-refractivity contribution in [1.29, 1.82) is 0 Å². The Labute approximate surface area is 109 Å². The summed E-state index contributed by atoms with van der Waals surface area (Å²) in [6.45, 7) is 4.71. The van der Waals surface area contributed by atoms with E-state index in [2.05, 4.69) is 4.98 Å². The van der Waals surface area contributed by atoms with Gasteiger partial charge in [0.15, 0.2) is 5.13 Å².